The molecule has 8 nitrogen and oxygen atoms in total. The predicted octanol–water partition coefficient (Wildman–Crippen LogP) is 3.74. The van der Waals surface area contributed by atoms with Gasteiger partial charge >= 0.3 is 6.18 Å². The summed E-state index contributed by atoms with van der Waals surface area (Å²) >= 11 is 0. The van der Waals surface area contributed by atoms with Crippen LogP contribution in [0.1, 0.15) is 38.2 Å². The van der Waals surface area contributed by atoms with E-state index in [0.717, 1.165) is 0 Å². The Balaban J connectivity index is 1.43. The van der Waals surface area contributed by atoms with Gasteiger partial charge in [0, 0.05) is 25.1 Å². The summed E-state index contributed by atoms with van der Waals surface area (Å²) < 4.78 is 78.5. The number of nitrogens with zero attached hydrogens (tertiary/aromatic N) is 2. The van der Waals surface area contributed by atoms with Crippen LogP contribution in [0.15, 0.2) is 71.3 Å². The monoisotopic (exact) mass is 563 g/mol. The number of amides is 1. The molecule has 2 aromatic rings. The molecule has 1 saturated heterocycles. The summed E-state index contributed by atoms with van der Waals surface area (Å²) in [5, 5.41) is 9.32. The number of alkyl halides is 3. The molecule has 1 aliphatic heterocycles. The number of hydrogen-bond acceptors (Lipinski definition) is 7. The van der Waals surface area contributed by atoms with Crippen LogP contribution in [-0.4, -0.2) is 61.0 Å². The molecule has 1 aromatic carbocycles. The molecule has 0 spiro atoms. The molecule has 2 unspecified atom stereocenters. The molecule has 0 radical (unpaired) electrons. The second-order valence-corrected chi connectivity index (χ2v) is 11.8. The Hall–Kier alpha value is -3.22. The lowest BCUT2D eigenvalue weighted by molar-refractivity contribution is -0.267. The molecule has 2 atom stereocenters. The van der Waals surface area contributed by atoms with Crippen LogP contribution in [0.5, 0.6) is 0 Å². The smallest absolute Gasteiger partial charge is 0.391 e. The molecular formula is C27H28F3N3O5S. The van der Waals surface area contributed by atoms with Crippen molar-refractivity contribution in [3.63, 3.8) is 0 Å². The summed E-state index contributed by atoms with van der Waals surface area (Å²) in [6.07, 6.45) is -2.72. The van der Waals surface area contributed by atoms with Crippen LogP contribution in [-0.2, 0) is 19.6 Å². The first-order chi connectivity index (χ1) is 18.4. The van der Waals surface area contributed by atoms with Crippen molar-refractivity contribution in [3.05, 3.63) is 71.8 Å². The van der Waals surface area contributed by atoms with E-state index in [1.165, 1.54) is 30.3 Å². The molecule has 1 saturated carbocycles. The average molecular weight is 564 g/mol. The van der Waals surface area contributed by atoms with Gasteiger partial charge in [-0.15, -0.1) is 0 Å². The lowest BCUT2D eigenvalue weighted by Gasteiger charge is -2.42. The summed E-state index contributed by atoms with van der Waals surface area (Å²) in [5.74, 6) is -0.869. The number of aliphatic hydroxyl groups is 1. The number of halogens is 3. The number of aromatic nitrogens is 1. The Kier molecular flexibility index (Phi) is 6.84. The van der Waals surface area contributed by atoms with Crippen LogP contribution < -0.4 is 9.62 Å². The second kappa shape index (κ2) is 9.76. The standard InChI is InChI=1S/C27H28F3N3O5S/c1-18-10-11-21(19-6-3-2-4-7-19)26(16-18,27(28,29)30)38-25(13-14-25)24(35)32-39(36,37)23-9-5-8-22(31-23)33-15-12-20(34)17-33/h2-11,20,34H,12-17H2,1H3,(H,32,35). The number of β-amino-alcohol motifs (C(OH)–C–C–N with tert-alkyl or cyclic N) is 1. The van der Waals surface area contributed by atoms with Gasteiger partial charge < -0.3 is 14.7 Å². The zero-order valence-electron chi connectivity index (χ0n) is 21.1. The van der Waals surface area contributed by atoms with Gasteiger partial charge in [-0.1, -0.05) is 54.1 Å². The Morgan fingerprint density at radius 2 is 1.85 bits per heavy atom. The summed E-state index contributed by atoms with van der Waals surface area (Å²) in [7, 11) is -4.53. The van der Waals surface area contributed by atoms with Gasteiger partial charge in [-0.25, -0.2) is 9.71 Å². The Bertz CT molecular complexity index is 1440. The Morgan fingerprint density at radius 1 is 1.13 bits per heavy atom. The van der Waals surface area contributed by atoms with Crippen LogP contribution in [0.4, 0.5) is 19.0 Å². The van der Waals surface area contributed by atoms with E-state index in [9.17, 15) is 31.5 Å². The summed E-state index contributed by atoms with van der Waals surface area (Å²) in [6, 6.07) is 12.2. The maximum atomic E-state index is 14.9. The van der Waals surface area contributed by atoms with E-state index < -0.39 is 50.9 Å². The van der Waals surface area contributed by atoms with E-state index >= 15 is 0 Å². The number of nitrogens with one attached hydrogen (secondary N) is 1. The zero-order chi connectivity index (χ0) is 28.1. The Labute approximate surface area is 224 Å². The van der Waals surface area contributed by atoms with Gasteiger partial charge in [-0.2, -0.15) is 21.6 Å². The fourth-order valence-corrected chi connectivity index (χ4v) is 6.03. The van der Waals surface area contributed by atoms with Crippen LogP contribution in [0.25, 0.3) is 5.57 Å². The molecule has 2 N–H and O–H groups in total. The number of pyridine rings is 1. The van der Waals surface area contributed by atoms with E-state index in [1.54, 1.807) is 42.2 Å². The SMILES string of the molecule is CC1=CC=C(c2ccccc2)C(OC2(C(=O)NS(=O)(=O)c3cccc(N4CCC(O)C4)n3)CC2)(C(F)(F)F)C1. The molecule has 1 aromatic heterocycles. The third-order valence-electron chi connectivity index (χ3n) is 7.23. The number of sulfonamides is 1. The van der Waals surface area contributed by atoms with Crippen molar-refractivity contribution >= 4 is 27.3 Å². The van der Waals surface area contributed by atoms with Crippen LogP contribution in [0.2, 0.25) is 0 Å². The molecule has 2 heterocycles. The largest absolute Gasteiger partial charge is 0.422 e. The summed E-state index contributed by atoms with van der Waals surface area (Å²) in [4.78, 5) is 19.1. The number of anilines is 1. The van der Waals surface area contributed by atoms with Gasteiger partial charge in [0.2, 0.25) is 0 Å². The van der Waals surface area contributed by atoms with Crippen molar-refractivity contribution in [1.82, 2.24) is 9.71 Å². The highest BCUT2D eigenvalue weighted by Crippen LogP contribution is 2.55. The molecular weight excluding hydrogens is 535 g/mol. The molecule has 12 heteroatoms. The summed E-state index contributed by atoms with van der Waals surface area (Å²) in [6.45, 7) is 2.31. The zero-order valence-corrected chi connectivity index (χ0v) is 21.9. The number of aliphatic hydroxyl groups excluding tert-OH is 1. The fraction of sp³-hybridized carbons (Fsp3) is 0.407. The highest BCUT2D eigenvalue weighted by atomic mass is 32.2. The number of carbonyl (C=O) groups is 1. The predicted molar refractivity (Wildman–Crippen MR) is 137 cm³/mol. The lowest BCUT2D eigenvalue weighted by atomic mass is 9.78. The first-order valence-electron chi connectivity index (χ1n) is 12.5. The highest BCUT2D eigenvalue weighted by molar-refractivity contribution is 7.90. The molecule has 2 fully saturated rings. The van der Waals surface area contributed by atoms with E-state index in [-0.39, 0.29) is 30.5 Å². The number of carbonyl (C=O) groups excluding carboxylic acids is 1. The van der Waals surface area contributed by atoms with E-state index in [2.05, 4.69) is 4.98 Å². The van der Waals surface area contributed by atoms with Gasteiger partial charge in [0.05, 0.1) is 6.10 Å². The average Bonchev–Trinajstić information content (AvgIpc) is 3.54. The first kappa shape index (κ1) is 27.4. The number of hydrogen-bond donors (Lipinski definition) is 2. The van der Waals surface area contributed by atoms with E-state index in [0.29, 0.717) is 24.4 Å². The second-order valence-electron chi connectivity index (χ2n) is 10.2. The fourth-order valence-electron chi connectivity index (χ4n) is 5.03. The third-order valence-corrected chi connectivity index (χ3v) is 8.46. The van der Waals surface area contributed by atoms with Crippen molar-refractivity contribution in [2.75, 3.05) is 18.0 Å². The normalized spacial score (nSPS) is 24.6. The quantitative estimate of drug-likeness (QED) is 0.528. The van der Waals surface area contributed by atoms with Gasteiger partial charge in [-0.05, 0) is 43.9 Å². The minimum Gasteiger partial charge on any atom is -0.391 e. The topological polar surface area (TPSA) is 109 Å². The van der Waals surface area contributed by atoms with Gasteiger partial charge in [0.25, 0.3) is 15.9 Å². The minimum atomic E-state index is -4.91. The van der Waals surface area contributed by atoms with Crippen molar-refractivity contribution in [2.24, 2.45) is 0 Å². The van der Waals surface area contributed by atoms with Crippen LogP contribution in [0, 0.1) is 0 Å². The number of ether oxygens (including phenoxy) is 1. The van der Waals surface area contributed by atoms with E-state index in [4.69, 9.17) is 4.74 Å². The van der Waals surface area contributed by atoms with Gasteiger partial charge in [-0.3, -0.25) is 4.79 Å². The van der Waals surface area contributed by atoms with Crippen molar-refractivity contribution < 1.29 is 36.2 Å². The van der Waals surface area contributed by atoms with Crippen molar-refractivity contribution in [1.29, 1.82) is 0 Å². The molecule has 2 aliphatic carbocycles. The number of allylic oxidation sites excluding steroid dienone is 2. The maximum Gasteiger partial charge on any atom is 0.422 e. The van der Waals surface area contributed by atoms with Gasteiger partial charge in [0.1, 0.15) is 11.4 Å². The van der Waals surface area contributed by atoms with Crippen LogP contribution in [0.3, 0.4) is 0 Å². The van der Waals surface area contributed by atoms with Crippen molar-refractivity contribution in [2.45, 2.75) is 61.1 Å². The van der Waals surface area contributed by atoms with Crippen LogP contribution >= 0.6 is 0 Å². The van der Waals surface area contributed by atoms with Gasteiger partial charge in [0.15, 0.2) is 10.6 Å². The highest BCUT2D eigenvalue weighted by Gasteiger charge is 2.66. The molecule has 5 rings (SSSR count). The molecule has 1 amide bonds. The lowest BCUT2D eigenvalue weighted by Crippen LogP contribution is -2.55. The first-order valence-corrected chi connectivity index (χ1v) is 14.0. The maximum absolute atomic E-state index is 14.9. The summed E-state index contributed by atoms with van der Waals surface area (Å²) in [5.41, 5.74) is -4.28. The molecule has 208 valence electrons. The Morgan fingerprint density at radius 3 is 2.46 bits per heavy atom. The van der Waals surface area contributed by atoms with E-state index in [1.807, 2.05) is 4.72 Å². The number of rotatable bonds is 7. The number of benzene rings is 1. The van der Waals surface area contributed by atoms with Crippen molar-refractivity contribution in [3.8, 4) is 0 Å². The third kappa shape index (κ3) is 5.20. The minimum absolute atomic E-state index is 0.0733. The molecule has 3 aliphatic rings. The molecule has 39 heavy (non-hydrogen) atoms. The molecule has 0 bridgehead atoms.